The van der Waals surface area contributed by atoms with Gasteiger partial charge in [0.25, 0.3) is 5.91 Å². The third-order valence-corrected chi connectivity index (χ3v) is 4.56. The third kappa shape index (κ3) is 3.29. The zero-order chi connectivity index (χ0) is 19.7. The number of benzene rings is 2. The van der Waals surface area contributed by atoms with E-state index in [1.165, 1.54) is 0 Å². The monoisotopic (exact) mass is 372 g/mol. The molecule has 2 aromatic heterocycles. The van der Waals surface area contributed by atoms with Crippen molar-refractivity contribution in [2.45, 2.75) is 20.8 Å². The molecule has 1 N–H and O–H groups in total. The van der Waals surface area contributed by atoms with Gasteiger partial charge in [0.05, 0.1) is 34.6 Å². The molecule has 0 aliphatic carbocycles. The van der Waals surface area contributed by atoms with Crippen molar-refractivity contribution in [1.29, 1.82) is 0 Å². The fourth-order valence-corrected chi connectivity index (χ4v) is 3.01. The van der Waals surface area contributed by atoms with Gasteiger partial charge in [-0.15, -0.1) is 5.10 Å². The summed E-state index contributed by atoms with van der Waals surface area (Å²) in [5, 5.41) is 15.5. The highest BCUT2D eigenvalue weighted by Gasteiger charge is 2.18. The average molecular weight is 372 g/mol. The number of anilines is 1. The van der Waals surface area contributed by atoms with Crippen LogP contribution in [0.15, 0.2) is 60.8 Å². The van der Waals surface area contributed by atoms with Crippen molar-refractivity contribution in [2.24, 2.45) is 0 Å². The summed E-state index contributed by atoms with van der Waals surface area (Å²) in [7, 11) is 0. The summed E-state index contributed by atoms with van der Waals surface area (Å²) in [6, 6.07) is 17.6. The summed E-state index contributed by atoms with van der Waals surface area (Å²) in [5.41, 5.74) is 5.45. The molecule has 0 radical (unpaired) electrons. The number of hydrogen-bond donors (Lipinski definition) is 1. The lowest BCUT2D eigenvalue weighted by Gasteiger charge is -2.06. The molecule has 0 atom stereocenters. The van der Waals surface area contributed by atoms with Gasteiger partial charge in [0, 0.05) is 0 Å². The van der Waals surface area contributed by atoms with E-state index in [2.05, 4.69) is 20.7 Å². The van der Waals surface area contributed by atoms with Crippen molar-refractivity contribution in [2.75, 3.05) is 5.32 Å². The Labute approximate surface area is 162 Å². The Kier molecular flexibility index (Phi) is 4.49. The Balaban J connectivity index is 1.58. The van der Waals surface area contributed by atoms with Crippen molar-refractivity contribution in [3.8, 4) is 11.4 Å². The molecule has 0 aliphatic rings. The van der Waals surface area contributed by atoms with E-state index in [9.17, 15) is 4.79 Å². The van der Waals surface area contributed by atoms with Gasteiger partial charge in [0.15, 0.2) is 5.69 Å². The second kappa shape index (κ2) is 7.11. The lowest BCUT2D eigenvalue weighted by atomic mass is 10.2. The standard InChI is InChI=1S/C21H20N6O/c1-14-9-11-17(12-10-14)26-13-19(23-25-26)21(28)22-20-15(2)24-27(16(20)3)18-7-5-4-6-8-18/h4-13H,1-3H3,(H,22,28). The summed E-state index contributed by atoms with van der Waals surface area (Å²) < 4.78 is 3.40. The molecule has 1 amide bonds. The van der Waals surface area contributed by atoms with E-state index < -0.39 is 0 Å². The van der Waals surface area contributed by atoms with Gasteiger partial charge >= 0.3 is 0 Å². The average Bonchev–Trinajstić information content (AvgIpc) is 3.30. The number of nitrogens with one attached hydrogen (secondary N) is 1. The van der Waals surface area contributed by atoms with Gasteiger partial charge < -0.3 is 5.32 Å². The van der Waals surface area contributed by atoms with Crippen molar-refractivity contribution in [3.63, 3.8) is 0 Å². The summed E-state index contributed by atoms with van der Waals surface area (Å²) in [6.07, 6.45) is 1.62. The van der Waals surface area contributed by atoms with Crippen molar-refractivity contribution in [1.82, 2.24) is 24.8 Å². The summed E-state index contributed by atoms with van der Waals surface area (Å²) in [5.74, 6) is -0.322. The van der Waals surface area contributed by atoms with E-state index in [1.807, 2.05) is 80.1 Å². The first kappa shape index (κ1) is 17.7. The maximum atomic E-state index is 12.7. The molecule has 140 valence electrons. The van der Waals surface area contributed by atoms with Crippen LogP contribution in [0.3, 0.4) is 0 Å². The molecule has 0 saturated heterocycles. The van der Waals surface area contributed by atoms with Crippen LogP contribution < -0.4 is 5.32 Å². The highest BCUT2D eigenvalue weighted by atomic mass is 16.2. The molecule has 0 bridgehead atoms. The van der Waals surface area contributed by atoms with E-state index >= 15 is 0 Å². The summed E-state index contributed by atoms with van der Waals surface area (Å²) in [6.45, 7) is 5.81. The molecular weight excluding hydrogens is 352 g/mol. The molecule has 0 saturated carbocycles. The predicted molar refractivity (Wildman–Crippen MR) is 107 cm³/mol. The molecule has 0 aliphatic heterocycles. The minimum absolute atomic E-state index is 0.242. The van der Waals surface area contributed by atoms with Crippen LogP contribution in [-0.4, -0.2) is 30.7 Å². The smallest absolute Gasteiger partial charge is 0.277 e. The predicted octanol–water partition coefficient (Wildman–Crippen LogP) is 3.63. The highest BCUT2D eigenvalue weighted by molar-refractivity contribution is 6.03. The zero-order valence-corrected chi connectivity index (χ0v) is 15.9. The van der Waals surface area contributed by atoms with Crippen molar-refractivity contribution < 1.29 is 4.79 Å². The Morgan fingerprint density at radius 1 is 0.929 bits per heavy atom. The topological polar surface area (TPSA) is 77.6 Å². The Hall–Kier alpha value is -3.74. The molecule has 0 unspecified atom stereocenters. The largest absolute Gasteiger partial charge is 0.317 e. The number of nitrogens with zero attached hydrogens (tertiary/aromatic N) is 5. The Morgan fingerprint density at radius 2 is 1.64 bits per heavy atom. The number of hydrogen-bond acceptors (Lipinski definition) is 4. The molecule has 4 aromatic rings. The number of para-hydroxylation sites is 1. The maximum absolute atomic E-state index is 12.7. The van der Waals surface area contributed by atoms with Crippen molar-refractivity contribution in [3.05, 3.63) is 83.4 Å². The quantitative estimate of drug-likeness (QED) is 0.593. The van der Waals surface area contributed by atoms with Crippen molar-refractivity contribution >= 4 is 11.6 Å². The van der Waals surface area contributed by atoms with Gasteiger partial charge in [-0.05, 0) is 45.0 Å². The van der Waals surface area contributed by atoms with E-state index in [-0.39, 0.29) is 11.6 Å². The van der Waals surface area contributed by atoms with Crippen LogP contribution in [0.25, 0.3) is 11.4 Å². The minimum Gasteiger partial charge on any atom is -0.317 e. The van der Waals surface area contributed by atoms with E-state index in [0.717, 1.165) is 28.3 Å². The van der Waals surface area contributed by atoms with Gasteiger partial charge in [0.2, 0.25) is 0 Å². The molecule has 7 nitrogen and oxygen atoms in total. The van der Waals surface area contributed by atoms with Gasteiger partial charge in [-0.2, -0.15) is 5.10 Å². The second-order valence-electron chi connectivity index (χ2n) is 6.63. The third-order valence-electron chi connectivity index (χ3n) is 4.56. The van der Waals surface area contributed by atoms with E-state index in [4.69, 9.17) is 0 Å². The first-order valence-electron chi connectivity index (χ1n) is 8.95. The fraction of sp³-hybridized carbons (Fsp3) is 0.143. The molecule has 2 aromatic carbocycles. The Bertz CT molecular complexity index is 1130. The molecule has 2 heterocycles. The van der Waals surface area contributed by atoms with E-state index in [0.29, 0.717) is 5.69 Å². The lowest BCUT2D eigenvalue weighted by Crippen LogP contribution is -2.13. The number of aryl methyl sites for hydroxylation is 2. The summed E-state index contributed by atoms with van der Waals surface area (Å²) in [4.78, 5) is 12.7. The number of carbonyl (C=O) groups is 1. The number of amides is 1. The normalized spacial score (nSPS) is 10.8. The molecular formula is C21H20N6O. The number of aromatic nitrogens is 5. The molecule has 7 heteroatoms. The maximum Gasteiger partial charge on any atom is 0.277 e. The molecule has 28 heavy (non-hydrogen) atoms. The van der Waals surface area contributed by atoms with E-state index in [1.54, 1.807) is 10.9 Å². The zero-order valence-electron chi connectivity index (χ0n) is 15.9. The number of rotatable bonds is 4. The first-order valence-corrected chi connectivity index (χ1v) is 8.95. The summed E-state index contributed by atoms with van der Waals surface area (Å²) >= 11 is 0. The van der Waals surface area contributed by atoms with Crippen LogP contribution in [0, 0.1) is 20.8 Å². The number of carbonyl (C=O) groups excluding carboxylic acids is 1. The van der Waals surface area contributed by atoms with Gasteiger partial charge in [0.1, 0.15) is 0 Å². The van der Waals surface area contributed by atoms with Crippen LogP contribution in [0.5, 0.6) is 0 Å². The van der Waals surface area contributed by atoms with Gasteiger partial charge in [-0.1, -0.05) is 41.1 Å². The molecule has 0 fully saturated rings. The fourth-order valence-electron chi connectivity index (χ4n) is 3.01. The first-order chi connectivity index (χ1) is 13.5. The van der Waals surface area contributed by atoms with Crippen LogP contribution in [0.4, 0.5) is 5.69 Å². The van der Waals surface area contributed by atoms with Gasteiger partial charge in [-0.25, -0.2) is 9.36 Å². The van der Waals surface area contributed by atoms with Crippen LogP contribution in [0.2, 0.25) is 0 Å². The van der Waals surface area contributed by atoms with Gasteiger partial charge in [-0.3, -0.25) is 4.79 Å². The second-order valence-corrected chi connectivity index (χ2v) is 6.63. The Morgan fingerprint density at radius 3 is 2.36 bits per heavy atom. The highest BCUT2D eigenvalue weighted by Crippen LogP contribution is 2.23. The molecule has 4 rings (SSSR count). The lowest BCUT2D eigenvalue weighted by molar-refractivity contribution is 0.102. The SMILES string of the molecule is Cc1ccc(-n2cc(C(=O)Nc3c(C)nn(-c4ccccc4)c3C)nn2)cc1. The van der Waals surface area contributed by atoms with Crippen LogP contribution in [0.1, 0.15) is 27.4 Å². The molecule has 0 spiro atoms. The van der Waals surface area contributed by atoms with Crippen LogP contribution in [-0.2, 0) is 0 Å². The minimum atomic E-state index is -0.322. The van der Waals surface area contributed by atoms with Crippen LogP contribution >= 0.6 is 0 Å².